The Morgan fingerprint density at radius 2 is 2.29 bits per heavy atom. The van der Waals surface area contributed by atoms with E-state index in [-0.39, 0.29) is 16.6 Å². The minimum Gasteiger partial charge on any atom is -0.480 e. The molecule has 1 aromatic heterocycles. The molecule has 1 N–H and O–H groups in total. The average molecular weight is 255 g/mol. The number of hydrogen-bond acceptors (Lipinski definition) is 3. The molecule has 0 aliphatic carbocycles. The molecule has 1 fully saturated rings. The molecule has 5 nitrogen and oxygen atoms in total. The summed E-state index contributed by atoms with van der Waals surface area (Å²) in [5, 5.41) is 9.11. The zero-order chi connectivity index (χ0) is 12.4. The van der Waals surface area contributed by atoms with E-state index in [9.17, 15) is 9.59 Å². The summed E-state index contributed by atoms with van der Waals surface area (Å²) in [5.74, 6) is -1.34. The fourth-order valence-corrected chi connectivity index (χ4v) is 2.17. The van der Waals surface area contributed by atoms with E-state index >= 15 is 0 Å². The van der Waals surface area contributed by atoms with Gasteiger partial charge in [-0.15, -0.1) is 0 Å². The Morgan fingerprint density at radius 1 is 1.53 bits per heavy atom. The lowest BCUT2D eigenvalue weighted by molar-refractivity contribution is -0.141. The molecule has 2 rings (SSSR count). The largest absolute Gasteiger partial charge is 0.480 e. The lowest BCUT2D eigenvalue weighted by atomic mass is 10.2. The van der Waals surface area contributed by atoms with Crippen LogP contribution in [0.1, 0.15) is 23.2 Å². The van der Waals surface area contributed by atoms with Crippen LogP contribution in [0.4, 0.5) is 0 Å². The number of aromatic nitrogens is 1. The topological polar surface area (TPSA) is 70.5 Å². The van der Waals surface area contributed by atoms with Gasteiger partial charge in [0.1, 0.15) is 11.2 Å². The predicted molar refractivity (Wildman–Crippen MR) is 60.9 cm³/mol. The number of carbonyl (C=O) groups is 2. The highest BCUT2D eigenvalue weighted by atomic mass is 35.5. The van der Waals surface area contributed by atoms with Gasteiger partial charge < -0.3 is 10.0 Å². The van der Waals surface area contributed by atoms with E-state index in [1.165, 1.54) is 11.1 Å². The van der Waals surface area contributed by atoms with Crippen LogP contribution in [0.2, 0.25) is 5.15 Å². The summed E-state index contributed by atoms with van der Waals surface area (Å²) in [6, 6.07) is 2.40. The van der Waals surface area contributed by atoms with Crippen molar-refractivity contribution >= 4 is 23.5 Å². The lowest BCUT2D eigenvalue weighted by Gasteiger charge is -2.21. The molecule has 0 spiro atoms. The van der Waals surface area contributed by atoms with Crippen molar-refractivity contribution < 1.29 is 14.7 Å². The Morgan fingerprint density at radius 3 is 2.94 bits per heavy atom. The van der Waals surface area contributed by atoms with Gasteiger partial charge >= 0.3 is 5.97 Å². The maximum absolute atomic E-state index is 12.1. The van der Waals surface area contributed by atoms with Crippen molar-refractivity contribution in [2.75, 3.05) is 6.54 Å². The van der Waals surface area contributed by atoms with Gasteiger partial charge in [-0.1, -0.05) is 11.6 Å². The number of amides is 1. The van der Waals surface area contributed by atoms with Gasteiger partial charge in [0.2, 0.25) is 0 Å². The van der Waals surface area contributed by atoms with Crippen LogP contribution in [0, 0.1) is 0 Å². The van der Waals surface area contributed by atoms with Crippen molar-refractivity contribution in [1.82, 2.24) is 9.88 Å². The molecule has 0 aromatic carbocycles. The number of carboxylic acids is 1. The first-order valence-corrected chi connectivity index (χ1v) is 5.63. The zero-order valence-electron chi connectivity index (χ0n) is 8.97. The number of pyridine rings is 1. The Labute approximate surface area is 103 Å². The molecule has 90 valence electrons. The number of rotatable bonds is 2. The van der Waals surface area contributed by atoms with E-state index in [1.54, 1.807) is 12.1 Å². The van der Waals surface area contributed by atoms with Gasteiger partial charge in [-0.05, 0) is 25.0 Å². The quantitative estimate of drug-likeness (QED) is 0.811. The summed E-state index contributed by atoms with van der Waals surface area (Å²) < 4.78 is 0. The van der Waals surface area contributed by atoms with Crippen molar-refractivity contribution in [2.45, 2.75) is 18.9 Å². The third-order valence-corrected chi connectivity index (χ3v) is 3.09. The maximum atomic E-state index is 12.1. The molecule has 6 heteroatoms. The Hall–Kier alpha value is -1.62. The van der Waals surface area contributed by atoms with E-state index in [2.05, 4.69) is 4.98 Å². The highest BCUT2D eigenvalue weighted by Gasteiger charge is 2.35. The van der Waals surface area contributed by atoms with Crippen LogP contribution in [0.3, 0.4) is 0 Å². The fourth-order valence-electron chi connectivity index (χ4n) is 1.97. The predicted octanol–water partition coefficient (Wildman–Crippen LogP) is 1.42. The molecule has 1 unspecified atom stereocenters. The Bertz CT molecular complexity index is 464. The second-order valence-electron chi connectivity index (χ2n) is 3.84. The first-order valence-electron chi connectivity index (χ1n) is 5.25. The number of halogens is 1. The summed E-state index contributed by atoms with van der Waals surface area (Å²) in [6.07, 6.45) is 2.66. The number of aliphatic carboxylic acids is 1. The number of hydrogen-bond donors (Lipinski definition) is 1. The monoisotopic (exact) mass is 254 g/mol. The molecule has 1 aliphatic heterocycles. The van der Waals surface area contributed by atoms with Gasteiger partial charge in [0.15, 0.2) is 0 Å². The van der Waals surface area contributed by atoms with E-state index < -0.39 is 12.0 Å². The highest BCUT2D eigenvalue weighted by Crippen LogP contribution is 2.22. The van der Waals surface area contributed by atoms with E-state index in [0.29, 0.717) is 19.4 Å². The maximum Gasteiger partial charge on any atom is 0.326 e. The number of carbonyl (C=O) groups excluding carboxylic acids is 1. The van der Waals surface area contributed by atoms with Gasteiger partial charge in [-0.3, -0.25) is 4.79 Å². The summed E-state index contributed by atoms with van der Waals surface area (Å²) >= 11 is 5.82. The minimum atomic E-state index is -0.976. The van der Waals surface area contributed by atoms with Crippen molar-refractivity contribution in [2.24, 2.45) is 0 Å². The third kappa shape index (κ3) is 2.24. The van der Waals surface area contributed by atoms with Crippen LogP contribution in [0.25, 0.3) is 0 Å². The van der Waals surface area contributed by atoms with E-state index in [0.717, 1.165) is 0 Å². The van der Waals surface area contributed by atoms with Crippen molar-refractivity contribution in [3.63, 3.8) is 0 Å². The summed E-state index contributed by atoms with van der Waals surface area (Å²) in [7, 11) is 0. The molecule has 1 aliphatic rings. The SMILES string of the molecule is O=C(O)C1CCCN1C(=O)c1cccnc1Cl. The van der Waals surface area contributed by atoms with Crippen LogP contribution >= 0.6 is 11.6 Å². The van der Waals surface area contributed by atoms with Crippen molar-refractivity contribution in [3.8, 4) is 0 Å². The Balaban J connectivity index is 2.26. The fraction of sp³-hybridized carbons (Fsp3) is 0.364. The highest BCUT2D eigenvalue weighted by molar-refractivity contribution is 6.32. The molecule has 1 aromatic rings. The van der Waals surface area contributed by atoms with Crippen LogP contribution in [-0.2, 0) is 4.79 Å². The second-order valence-corrected chi connectivity index (χ2v) is 4.19. The van der Waals surface area contributed by atoms with Gasteiger partial charge in [-0.2, -0.15) is 0 Å². The van der Waals surface area contributed by atoms with Crippen LogP contribution < -0.4 is 0 Å². The molecule has 17 heavy (non-hydrogen) atoms. The molecular weight excluding hydrogens is 244 g/mol. The van der Waals surface area contributed by atoms with Gasteiger partial charge in [-0.25, -0.2) is 9.78 Å². The summed E-state index contributed by atoms with van der Waals surface area (Å²) in [6.45, 7) is 0.445. The minimum absolute atomic E-state index is 0.105. The molecule has 1 saturated heterocycles. The smallest absolute Gasteiger partial charge is 0.326 e. The third-order valence-electron chi connectivity index (χ3n) is 2.79. The number of carboxylic acid groups (broad SMARTS) is 1. The van der Waals surface area contributed by atoms with Crippen LogP contribution in [0.5, 0.6) is 0 Å². The van der Waals surface area contributed by atoms with Crippen LogP contribution in [0.15, 0.2) is 18.3 Å². The number of likely N-dealkylation sites (tertiary alicyclic amines) is 1. The molecule has 0 radical (unpaired) electrons. The van der Waals surface area contributed by atoms with Crippen molar-refractivity contribution in [3.05, 3.63) is 29.0 Å². The van der Waals surface area contributed by atoms with E-state index in [1.807, 2.05) is 0 Å². The van der Waals surface area contributed by atoms with Gasteiger partial charge in [0.25, 0.3) is 5.91 Å². The summed E-state index contributed by atoms with van der Waals surface area (Å²) in [4.78, 5) is 28.3. The lowest BCUT2D eigenvalue weighted by Crippen LogP contribution is -2.40. The molecule has 0 bridgehead atoms. The standard InChI is InChI=1S/C11H11ClN2O3/c12-9-7(3-1-5-13-9)10(15)14-6-2-4-8(14)11(16)17/h1,3,5,8H,2,4,6H2,(H,16,17). The first kappa shape index (κ1) is 11.9. The second kappa shape index (κ2) is 4.71. The summed E-state index contributed by atoms with van der Waals surface area (Å²) in [5.41, 5.74) is 0.252. The number of nitrogens with zero attached hydrogens (tertiary/aromatic N) is 2. The first-order chi connectivity index (χ1) is 8.11. The van der Waals surface area contributed by atoms with Crippen molar-refractivity contribution in [1.29, 1.82) is 0 Å². The molecule has 1 amide bonds. The molecular formula is C11H11ClN2O3. The Kier molecular flexibility index (Phi) is 3.28. The zero-order valence-corrected chi connectivity index (χ0v) is 9.72. The molecule has 2 heterocycles. The molecule has 1 atom stereocenters. The normalized spacial score (nSPS) is 19.4. The van der Waals surface area contributed by atoms with E-state index in [4.69, 9.17) is 16.7 Å². The van der Waals surface area contributed by atoms with Gasteiger partial charge in [0.05, 0.1) is 5.56 Å². The molecule has 0 saturated carbocycles. The average Bonchev–Trinajstić information content (AvgIpc) is 2.77. The van der Waals surface area contributed by atoms with Gasteiger partial charge in [0, 0.05) is 12.7 Å². The van der Waals surface area contributed by atoms with Crippen LogP contribution in [-0.4, -0.2) is 39.5 Å².